The molecule has 6 heteroatoms. The summed E-state index contributed by atoms with van der Waals surface area (Å²) in [5.41, 5.74) is 7.38. The molecule has 0 heterocycles. The maximum absolute atomic E-state index is 12.9. The Balaban J connectivity index is 2.00. The largest absolute Gasteiger partial charge is 0.365 e. The number of ketones is 2. The number of carbonyl (C=O) groups excluding carboxylic acids is 3. The van der Waals surface area contributed by atoms with Crippen LogP contribution in [0.3, 0.4) is 0 Å². The minimum Gasteiger partial charge on any atom is -0.365 e. The van der Waals surface area contributed by atoms with Crippen molar-refractivity contribution in [3.63, 3.8) is 0 Å². The molecule has 6 nitrogen and oxygen atoms in total. The summed E-state index contributed by atoms with van der Waals surface area (Å²) in [5.74, 6) is -0.668. The molecular formula is C19H19N3O3. The van der Waals surface area contributed by atoms with Crippen molar-refractivity contribution in [1.82, 2.24) is 5.32 Å². The molecule has 3 rings (SSSR count). The van der Waals surface area contributed by atoms with E-state index < -0.39 is 0 Å². The highest BCUT2D eigenvalue weighted by Crippen LogP contribution is 2.32. The lowest BCUT2D eigenvalue weighted by Crippen LogP contribution is -2.43. The van der Waals surface area contributed by atoms with Crippen LogP contribution in [0, 0.1) is 0 Å². The van der Waals surface area contributed by atoms with Crippen molar-refractivity contribution in [1.29, 1.82) is 0 Å². The molecule has 1 unspecified atom stereocenters. The Hall–Kier alpha value is -2.99. The quantitative estimate of drug-likeness (QED) is 0.615. The van der Waals surface area contributed by atoms with Gasteiger partial charge in [0.05, 0.1) is 18.3 Å². The summed E-state index contributed by atoms with van der Waals surface area (Å²) in [7, 11) is 0. The van der Waals surface area contributed by atoms with Gasteiger partial charge < -0.3 is 16.4 Å². The molecule has 0 saturated heterocycles. The third-order valence-corrected chi connectivity index (χ3v) is 4.21. The second-order valence-corrected chi connectivity index (χ2v) is 5.81. The minimum absolute atomic E-state index is 0.115. The summed E-state index contributed by atoms with van der Waals surface area (Å²) < 4.78 is 0. The van der Waals surface area contributed by atoms with Gasteiger partial charge in [0, 0.05) is 22.4 Å². The van der Waals surface area contributed by atoms with Crippen molar-refractivity contribution in [3.8, 4) is 0 Å². The van der Waals surface area contributed by atoms with Crippen LogP contribution in [0.25, 0.3) is 0 Å². The fourth-order valence-electron chi connectivity index (χ4n) is 2.95. The molecule has 1 aliphatic rings. The van der Waals surface area contributed by atoms with Gasteiger partial charge in [0.2, 0.25) is 5.91 Å². The van der Waals surface area contributed by atoms with E-state index in [-0.39, 0.29) is 30.2 Å². The number of nitrogens with one attached hydrogen (secondary N) is 2. The van der Waals surface area contributed by atoms with Crippen LogP contribution in [0.2, 0.25) is 0 Å². The van der Waals surface area contributed by atoms with Crippen LogP contribution in [0.5, 0.6) is 0 Å². The monoisotopic (exact) mass is 337 g/mol. The highest BCUT2D eigenvalue weighted by Gasteiger charge is 2.31. The van der Waals surface area contributed by atoms with Gasteiger partial charge >= 0.3 is 0 Å². The molecule has 0 saturated carbocycles. The second-order valence-electron chi connectivity index (χ2n) is 5.81. The molecule has 2 aromatic carbocycles. The van der Waals surface area contributed by atoms with E-state index in [0.29, 0.717) is 34.4 Å². The van der Waals surface area contributed by atoms with Gasteiger partial charge in [-0.3, -0.25) is 14.4 Å². The molecule has 0 fully saturated rings. The van der Waals surface area contributed by atoms with E-state index in [2.05, 4.69) is 10.6 Å². The maximum Gasteiger partial charge on any atom is 0.235 e. The van der Waals surface area contributed by atoms with Gasteiger partial charge in [-0.2, -0.15) is 0 Å². The van der Waals surface area contributed by atoms with E-state index in [4.69, 9.17) is 5.73 Å². The number of nitrogens with two attached hydrogens (primary N) is 1. The summed E-state index contributed by atoms with van der Waals surface area (Å²) in [5, 5.41) is 5.89. The molecule has 0 aliphatic heterocycles. The molecule has 2 aromatic rings. The first kappa shape index (κ1) is 16.9. The Morgan fingerprint density at radius 3 is 2.28 bits per heavy atom. The first-order valence-corrected chi connectivity index (χ1v) is 8.14. The summed E-state index contributed by atoms with van der Waals surface area (Å²) in [6.45, 7) is 1.78. The van der Waals surface area contributed by atoms with Crippen LogP contribution in [-0.2, 0) is 4.79 Å². The molecule has 0 bridgehead atoms. The first-order valence-electron chi connectivity index (χ1n) is 8.14. The predicted octanol–water partition coefficient (Wildman–Crippen LogP) is 1.68. The molecule has 0 aromatic heterocycles. The van der Waals surface area contributed by atoms with Crippen LogP contribution in [0.15, 0.2) is 42.5 Å². The van der Waals surface area contributed by atoms with Crippen LogP contribution in [-0.4, -0.2) is 30.2 Å². The smallest absolute Gasteiger partial charge is 0.235 e. The van der Waals surface area contributed by atoms with Crippen LogP contribution in [0.4, 0.5) is 5.69 Å². The van der Waals surface area contributed by atoms with E-state index in [1.807, 2.05) is 6.92 Å². The predicted molar refractivity (Wildman–Crippen MR) is 94.6 cm³/mol. The van der Waals surface area contributed by atoms with Gasteiger partial charge in [0.25, 0.3) is 0 Å². The van der Waals surface area contributed by atoms with Gasteiger partial charge in [-0.05, 0) is 12.5 Å². The van der Waals surface area contributed by atoms with E-state index in [1.54, 1.807) is 42.5 Å². The third-order valence-electron chi connectivity index (χ3n) is 4.21. The normalized spacial score (nSPS) is 13.7. The summed E-state index contributed by atoms with van der Waals surface area (Å²) >= 11 is 0. The lowest BCUT2D eigenvalue weighted by molar-refractivity contribution is -0.120. The second kappa shape index (κ2) is 6.86. The lowest BCUT2D eigenvalue weighted by atomic mass is 9.83. The van der Waals surface area contributed by atoms with Crippen molar-refractivity contribution in [3.05, 3.63) is 64.7 Å². The third kappa shape index (κ3) is 3.04. The molecule has 0 spiro atoms. The Morgan fingerprint density at radius 2 is 1.64 bits per heavy atom. The van der Waals surface area contributed by atoms with Crippen LogP contribution < -0.4 is 16.4 Å². The van der Waals surface area contributed by atoms with Gasteiger partial charge in [-0.15, -0.1) is 0 Å². The topological polar surface area (TPSA) is 101 Å². The van der Waals surface area contributed by atoms with E-state index in [1.165, 1.54) is 0 Å². The summed E-state index contributed by atoms with van der Waals surface area (Å²) in [6.07, 6.45) is 0.205. The lowest BCUT2D eigenvalue weighted by Gasteiger charge is -2.24. The molecule has 4 N–H and O–H groups in total. The maximum atomic E-state index is 12.9. The number of hydrogen-bond donors (Lipinski definition) is 3. The fourth-order valence-corrected chi connectivity index (χ4v) is 2.95. The molecular weight excluding hydrogens is 318 g/mol. The Kier molecular flexibility index (Phi) is 4.63. The average Bonchev–Trinajstić information content (AvgIpc) is 2.65. The van der Waals surface area contributed by atoms with Crippen molar-refractivity contribution < 1.29 is 14.4 Å². The average molecular weight is 337 g/mol. The van der Waals surface area contributed by atoms with E-state index in [9.17, 15) is 14.4 Å². The number of amides is 1. The van der Waals surface area contributed by atoms with Crippen molar-refractivity contribution in [2.24, 2.45) is 5.73 Å². The van der Waals surface area contributed by atoms with Gasteiger partial charge in [-0.1, -0.05) is 43.3 Å². The number of anilines is 1. The fraction of sp³-hybridized carbons (Fsp3) is 0.211. The van der Waals surface area contributed by atoms with Gasteiger partial charge in [-0.25, -0.2) is 0 Å². The van der Waals surface area contributed by atoms with Crippen LogP contribution in [0.1, 0.15) is 45.2 Å². The Labute approximate surface area is 145 Å². The number of rotatable bonds is 5. The Bertz CT molecular complexity index is 861. The summed E-state index contributed by atoms with van der Waals surface area (Å²) in [4.78, 5) is 37.2. The standard InChI is InChI=1S/C19H19N3O3/c1-2-15(22-16(23)10-20)21-14-9-5-8-13-17(14)19(25)12-7-4-3-6-11(12)18(13)24/h3-9,15,21H,2,10,20H2,1H3,(H,22,23). The van der Waals surface area contributed by atoms with Crippen molar-refractivity contribution >= 4 is 23.2 Å². The molecule has 128 valence electrons. The first-order chi connectivity index (χ1) is 12.1. The number of hydrogen-bond acceptors (Lipinski definition) is 5. The minimum atomic E-state index is -0.386. The summed E-state index contributed by atoms with van der Waals surface area (Å²) in [6, 6.07) is 11.9. The SMILES string of the molecule is CCC(NC(=O)CN)Nc1cccc2c1C(=O)c1ccccc1C2=O. The molecule has 0 radical (unpaired) electrons. The number of fused-ring (bicyclic) bond motifs is 2. The number of carbonyl (C=O) groups is 3. The zero-order valence-corrected chi connectivity index (χ0v) is 13.8. The van der Waals surface area contributed by atoms with Gasteiger partial charge in [0.15, 0.2) is 11.6 Å². The molecule has 1 amide bonds. The zero-order valence-electron chi connectivity index (χ0n) is 13.8. The zero-order chi connectivity index (χ0) is 18.0. The van der Waals surface area contributed by atoms with Gasteiger partial charge in [0.1, 0.15) is 0 Å². The van der Waals surface area contributed by atoms with Crippen molar-refractivity contribution in [2.45, 2.75) is 19.5 Å². The molecule has 1 atom stereocenters. The molecule has 1 aliphatic carbocycles. The number of benzene rings is 2. The van der Waals surface area contributed by atoms with Crippen LogP contribution >= 0.6 is 0 Å². The Morgan fingerprint density at radius 1 is 1.00 bits per heavy atom. The van der Waals surface area contributed by atoms with E-state index >= 15 is 0 Å². The highest BCUT2D eigenvalue weighted by atomic mass is 16.2. The molecule has 25 heavy (non-hydrogen) atoms. The van der Waals surface area contributed by atoms with Crippen molar-refractivity contribution in [2.75, 3.05) is 11.9 Å². The highest BCUT2D eigenvalue weighted by molar-refractivity contribution is 6.30. The van der Waals surface area contributed by atoms with E-state index in [0.717, 1.165) is 0 Å².